The number of nitrogens with zero attached hydrogens (tertiary/aromatic N) is 1. The van der Waals surface area contributed by atoms with Crippen LogP contribution in [0.4, 0.5) is 0 Å². The van der Waals surface area contributed by atoms with Crippen molar-refractivity contribution in [3.05, 3.63) is 35.4 Å². The van der Waals surface area contributed by atoms with Crippen LogP contribution in [0.3, 0.4) is 0 Å². The third kappa shape index (κ3) is 2.04. The zero-order chi connectivity index (χ0) is 13.1. The Bertz CT molecular complexity index is 435. The summed E-state index contributed by atoms with van der Waals surface area (Å²) < 4.78 is 0. The molecule has 1 aliphatic heterocycles. The van der Waals surface area contributed by atoms with Gasteiger partial charge in [-0.1, -0.05) is 19.1 Å². The number of imide groups is 1. The Balaban J connectivity index is 2.26. The van der Waals surface area contributed by atoms with Crippen molar-refractivity contribution in [3.63, 3.8) is 0 Å². The Labute approximate surface area is 106 Å². The number of fused-ring (bicyclic) bond motifs is 1. The molecular weight excluding hydrogens is 230 g/mol. The lowest BCUT2D eigenvalue weighted by Crippen LogP contribution is -2.39. The first-order valence-corrected chi connectivity index (χ1v) is 6.28. The molecule has 1 aromatic carbocycles. The molecule has 1 atom stereocenters. The standard InChI is InChI=1S/C14H17NO3/c1-2-10(6-5-9-16)15-13(17)11-7-3-4-8-12(11)14(15)18/h3-4,7-8,10,16H,2,5-6,9H2,1H3. The topological polar surface area (TPSA) is 57.6 Å². The van der Waals surface area contributed by atoms with E-state index in [0.717, 1.165) is 0 Å². The van der Waals surface area contributed by atoms with Gasteiger partial charge < -0.3 is 5.11 Å². The second-order valence-corrected chi connectivity index (χ2v) is 4.45. The zero-order valence-electron chi connectivity index (χ0n) is 10.4. The van der Waals surface area contributed by atoms with Crippen molar-refractivity contribution < 1.29 is 14.7 Å². The Kier molecular flexibility index (Phi) is 3.77. The van der Waals surface area contributed by atoms with Crippen molar-refractivity contribution in [1.82, 2.24) is 4.90 Å². The van der Waals surface area contributed by atoms with Crippen LogP contribution in [-0.4, -0.2) is 34.5 Å². The molecule has 0 aliphatic carbocycles. The molecule has 1 aliphatic rings. The van der Waals surface area contributed by atoms with E-state index in [4.69, 9.17) is 5.11 Å². The van der Waals surface area contributed by atoms with Crippen LogP contribution in [0.1, 0.15) is 46.9 Å². The molecular formula is C14H17NO3. The van der Waals surface area contributed by atoms with Gasteiger partial charge in [0.2, 0.25) is 0 Å². The first-order chi connectivity index (χ1) is 8.70. The average Bonchev–Trinajstić information content (AvgIpc) is 2.65. The quantitative estimate of drug-likeness (QED) is 0.808. The van der Waals surface area contributed by atoms with Crippen molar-refractivity contribution in [2.24, 2.45) is 0 Å². The first-order valence-electron chi connectivity index (χ1n) is 6.28. The second-order valence-electron chi connectivity index (χ2n) is 4.45. The molecule has 4 nitrogen and oxygen atoms in total. The summed E-state index contributed by atoms with van der Waals surface area (Å²) in [5.74, 6) is -0.416. The number of amides is 2. The maximum atomic E-state index is 12.2. The molecule has 1 aromatic rings. The van der Waals surface area contributed by atoms with Crippen LogP contribution in [0.25, 0.3) is 0 Å². The van der Waals surface area contributed by atoms with Crippen molar-refractivity contribution >= 4 is 11.8 Å². The van der Waals surface area contributed by atoms with Crippen LogP contribution in [0.15, 0.2) is 24.3 Å². The van der Waals surface area contributed by atoms with E-state index in [1.54, 1.807) is 24.3 Å². The SMILES string of the molecule is CCC(CCCO)N1C(=O)c2ccccc2C1=O. The number of carbonyl (C=O) groups excluding carboxylic acids is 2. The van der Waals surface area contributed by atoms with E-state index in [2.05, 4.69) is 0 Å². The van der Waals surface area contributed by atoms with E-state index in [9.17, 15) is 9.59 Å². The summed E-state index contributed by atoms with van der Waals surface area (Å²) in [6.45, 7) is 2.03. The summed E-state index contributed by atoms with van der Waals surface area (Å²) in [6.07, 6.45) is 1.97. The van der Waals surface area contributed by atoms with Gasteiger partial charge in [-0.3, -0.25) is 14.5 Å². The highest BCUT2D eigenvalue weighted by molar-refractivity contribution is 6.21. The molecule has 4 heteroatoms. The van der Waals surface area contributed by atoms with Gasteiger partial charge in [0, 0.05) is 12.6 Å². The monoisotopic (exact) mass is 247 g/mol. The van der Waals surface area contributed by atoms with Gasteiger partial charge in [0.1, 0.15) is 0 Å². The van der Waals surface area contributed by atoms with Crippen LogP contribution < -0.4 is 0 Å². The van der Waals surface area contributed by atoms with Gasteiger partial charge in [-0.15, -0.1) is 0 Å². The molecule has 0 radical (unpaired) electrons. The lowest BCUT2D eigenvalue weighted by Gasteiger charge is -2.24. The fourth-order valence-electron chi connectivity index (χ4n) is 2.38. The fourth-order valence-corrected chi connectivity index (χ4v) is 2.38. The molecule has 0 saturated carbocycles. The van der Waals surface area contributed by atoms with Crippen molar-refractivity contribution in [1.29, 1.82) is 0 Å². The zero-order valence-corrected chi connectivity index (χ0v) is 10.4. The third-order valence-electron chi connectivity index (χ3n) is 3.36. The minimum atomic E-state index is -0.208. The molecule has 18 heavy (non-hydrogen) atoms. The third-order valence-corrected chi connectivity index (χ3v) is 3.36. The molecule has 0 spiro atoms. The molecule has 0 saturated heterocycles. The molecule has 2 amide bonds. The van der Waals surface area contributed by atoms with Crippen molar-refractivity contribution in [2.75, 3.05) is 6.61 Å². The van der Waals surface area contributed by atoms with Crippen LogP contribution in [0.2, 0.25) is 0 Å². The predicted octanol–water partition coefficient (Wildman–Crippen LogP) is 1.83. The molecule has 0 aromatic heterocycles. The summed E-state index contributed by atoms with van der Waals surface area (Å²) in [7, 11) is 0. The molecule has 96 valence electrons. The smallest absolute Gasteiger partial charge is 0.261 e. The molecule has 1 N–H and O–H groups in total. The predicted molar refractivity (Wildman–Crippen MR) is 67.3 cm³/mol. The van der Waals surface area contributed by atoms with Gasteiger partial charge >= 0.3 is 0 Å². The summed E-state index contributed by atoms with van der Waals surface area (Å²) >= 11 is 0. The average molecular weight is 247 g/mol. The highest BCUT2D eigenvalue weighted by Crippen LogP contribution is 2.26. The first kappa shape index (κ1) is 12.8. The maximum absolute atomic E-state index is 12.2. The van der Waals surface area contributed by atoms with Gasteiger partial charge in [-0.05, 0) is 31.4 Å². The normalized spacial score (nSPS) is 16.0. The number of hydrogen-bond donors (Lipinski definition) is 1. The lowest BCUT2D eigenvalue weighted by molar-refractivity contribution is 0.0565. The van der Waals surface area contributed by atoms with Gasteiger partial charge in [0.25, 0.3) is 11.8 Å². The summed E-state index contributed by atoms with van der Waals surface area (Å²) in [5, 5.41) is 8.87. The van der Waals surface area contributed by atoms with Crippen LogP contribution in [0.5, 0.6) is 0 Å². The van der Waals surface area contributed by atoms with Crippen molar-refractivity contribution in [3.8, 4) is 0 Å². The number of benzene rings is 1. The largest absolute Gasteiger partial charge is 0.396 e. The van der Waals surface area contributed by atoms with E-state index in [1.807, 2.05) is 6.92 Å². The summed E-state index contributed by atoms with van der Waals surface area (Å²) in [6, 6.07) is 6.79. The Hall–Kier alpha value is -1.68. The fraction of sp³-hybridized carbons (Fsp3) is 0.429. The van der Waals surface area contributed by atoms with Crippen molar-refractivity contribution in [2.45, 2.75) is 32.2 Å². The molecule has 2 rings (SSSR count). The molecule has 0 bridgehead atoms. The van der Waals surface area contributed by atoms with E-state index in [0.29, 0.717) is 30.4 Å². The molecule has 0 fully saturated rings. The van der Waals surface area contributed by atoms with Gasteiger partial charge in [-0.25, -0.2) is 0 Å². The van der Waals surface area contributed by atoms with Crippen LogP contribution >= 0.6 is 0 Å². The highest BCUT2D eigenvalue weighted by Gasteiger charge is 2.38. The second kappa shape index (κ2) is 5.31. The number of aliphatic hydroxyl groups excluding tert-OH is 1. The summed E-state index contributed by atoms with van der Waals surface area (Å²) in [5.41, 5.74) is 0.981. The lowest BCUT2D eigenvalue weighted by atomic mass is 10.1. The van der Waals surface area contributed by atoms with Crippen LogP contribution in [-0.2, 0) is 0 Å². The van der Waals surface area contributed by atoms with Gasteiger partial charge in [0.05, 0.1) is 11.1 Å². The highest BCUT2D eigenvalue weighted by atomic mass is 16.3. The van der Waals surface area contributed by atoms with E-state index >= 15 is 0 Å². The van der Waals surface area contributed by atoms with E-state index in [1.165, 1.54) is 4.90 Å². The van der Waals surface area contributed by atoms with Gasteiger partial charge in [-0.2, -0.15) is 0 Å². The van der Waals surface area contributed by atoms with E-state index < -0.39 is 0 Å². The molecule has 1 unspecified atom stereocenters. The molecule has 1 heterocycles. The number of rotatable bonds is 5. The van der Waals surface area contributed by atoms with E-state index in [-0.39, 0.29) is 24.5 Å². The minimum Gasteiger partial charge on any atom is -0.396 e. The minimum absolute atomic E-state index is 0.0830. The summed E-state index contributed by atoms with van der Waals surface area (Å²) in [4.78, 5) is 25.8. The van der Waals surface area contributed by atoms with Gasteiger partial charge in [0.15, 0.2) is 0 Å². The number of carbonyl (C=O) groups is 2. The Morgan fingerprint density at radius 3 is 2.17 bits per heavy atom. The number of hydrogen-bond acceptors (Lipinski definition) is 3. The van der Waals surface area contributed by atoms with Crippen LogP contribution in [0, 0.1) is 0 Å². The Morgan fingerprint density at radius 2 is 1.72 bits per heavy atom. The maximum Gasteiger partial charge on any atom is 0.261 e. The number of aliphatic hydroxyl groups is 1. The Morgan fingerprint density at radius 1 is 1.17 bits per heavy atom.